The third-order valence-electron chi connectivity index (χ3n) is 3.28. The van der Waals surface area contributed by atoms with Gasteiger partial charge in [0.25, 0.3) is 0 Å². The number of ether oxygens (including phenoxy) is 4. The van der Waals surface area contributed by atoms with Gasteiger partial charge in [0.2, 0.25) is 0 Å². The first-order chi connectivity index (χ1) is 10.2. The molecule has 1 saturated heterocycles. The van der Waals surface area contributed by atoms with Crippen molar-refractivity contribution >= 4 is 5.97 Å². The molecule has 0 radical (unpaired) electrons. The van der Waals surface area contributed by atoms with E-state index in [1.165, 1.54) is 7.11 Å². The Bertz CT molecular complexity index is 465. The average Bonchev–Trinajstić information content (AvgIpc) is 2.53. The molecule has 116 valence electrons. The molecule has 0 aliphatic carbocycles. The number of carbonyl (C=O) groups is 1. The minimum absolute atomic E-state index is 0.0605. The van der Waals surface area contributed by atoms with Gasteiger partial charge in [-0.15, -0.1) is 0 Å². The van der Waals surface area contributed by atoms with E-state index >= 15 is 0 Å². The Balaban J connectivity index is 1.80. The number of benzene rings is 1. The molecule has 1 fully saturated rings. The minimum Gasteiger partial charge on any atom is -0.497 e. The van der Waals surface area contributed by atoms with Gasteiger partial charge in [0.15, 0.2) is 0 Å². The highest BCUT2D eigenvalue weighted by atomic mass is 16.5. The summed E-state index contributed by atoms with van der Waals surface area (Å²) in [6.07, 6.45) is -0.0605. The van der Waals surface area contributed by atoms with E-state index in [-0.39, 0.29) is 18.6 Å². The van der Waals surface area contributed by atoms with Crippen LogP contribution in [0.5, 0.6) is 11.5 Å². The van der Waals surface area contributed by atoms with E-state index in [4.69, 9.17) is 14.2 Å². The van der Waals surface area contributed by atoms with Crippen molar-refractivity contribution in [1.29, 1.82) is 0 Å². The summed E-state index contributed by atoms with van der Waals surface area (Å²) >= 11 is 0. The third-order valence-corrected chi connectivity index (χ3v) is 3.28. The molecule has 1 aromatic carbocycles. The van der Waals surface area contributed by atoms with Gasteiger partial charge >= 0.3 is 5.97 Å². The molecule has 0 N–H and O–H groups in total. The van der Waals surface area contributed by atoms with Crippen LogP contribution in [0.1, 0.15) is 0 Å². The number of morpholine rings is 1. The van der Waals surface area contributed by atoms with Crippen molar-refractivity contribution in [1.82, 2.24) is 4.90 Å². The van der Waals surface area contributed by atoms with E-state index in [0.29, 0.717) is 19.8 Å². The largest absolute Gasteiger partial charge is 0.497 e. The van der Waals surface area contributed by atoms with Crippen LogP contribution in [0.4, 0.5) is 0 Å². The molecule has 0 amide bonds. The van der Waals surface area contributed by atoms with Gasteiger partial charge in [-0.05, 0) is 12.1 Å². The lowest BCUT2D eigenvalue weighted by Crippen LogP contribution is -2.46. The van der Waals surface area contributed by atoms with Crippen LogP contribution in [0, 0.1) is 0 Å². The molecule has 1 aliphatic rings. The number of nitrogens with zero attached hydrogens (tertiary/aromatic N) is 1. The lowest BCUT2D eigenvalue weighted by atomic mass is 10.2. The topological polar surface area (TPSA) is 57.2 Å². The number of hydrogen-bond donors (Lipinski definition) is 0. The SMILES string of the molecule is COC(=O)CN1CCO[C@@H](COc2cccc(OC)c2)C1. The summed E-state index contributed by atoms with van der Waals surface area (Å²) < 4.78 is 21.2. The molecule has 0 saturated carbocycles. The smallest absolute Gasteiger partial charge is 0.319 e. The number of methoxy groups -OCH3 is 2. The summed E-state index contributed by atoms with van der Waals surface area (Å²) in [6.45, 7) is 2.69. The van der Waals surface area contributed by atoms with Crippen molar-refractivity contribution in [2.24, 2.45) is 0 Å². The van der Waals surface area contributed by atoms with E-state index < -0.39 is 0 Å². The van der Waals surface area contributed by atoms with E-state index in [1.807, 2.05) is 29.2 Å². The summed E-state index contributed by atoms with van der Waals surface area (Å²) in [5.74, 6) is 1.26. The maximum atomic E-state index is 11.3. The quantitative estimate of drug-likeness (QED) is 0.728. The van der Waals surface area contributed by atoms with Crippen LogP contribution in [-0.2, 0) is 14.3 Å². The number of esters is 1. The van der Waals surface area contributed by atoms with Crippen molar-refractivity contribution in [2.75, 3.05) is 47.1 Å². The lowest BCUT2D eigenvalue weighted by Gasteiger charge is -2.31. The second-order valence-corrected chi connectivity index (χ2v) is 4.79. The number of carbonyl (C=O) groups excluding carboxylic acids is 1. The van der Waals surface area contributed by atoms with Crippen LogP contribution >= 0.6 is 0 Å². The van der Waals surface area contributed by atoms with Crippen molar-refractivity contribution < 1.29 is 23.7 Å². The van der Waals surface area contributed by atoms with Gasteiger partial charge in [-0.1, -0.05) is 6.07 Å². The van der Waals surface area contributed by atoms with Crippen LogP contribution in [0.3, 0.4) is 0 Å². The predicted molar refractivity (Wildman–Crippen MR) is 76.7 cm³/mol. The van der Waals surface area contributed by atoms with E-state index in [0.717, 1.165) is 18.0 Å². The Kier molecular flexibility index (Phi) is 5.83. The first kappa shape index (κ1) is 15.6. The fourth-order valence-corrected chi connectivity index (χ4v) is 2.15. The van der Waals surface area contributed by atoms with Gasteiger partial charge in [0.1, 0.15) is 24.2 Å². The van der Waals surface area contributed by atoms with Gasteiger partial charge in [0.05, 0.1) is 27.4 Å². The number of rotatable bonds is 6. The van der Waals surface area contributed by atoms with E-state index in [2.05, 4.69) is 4.74 Å². The summed E-state index contributed by atoms with van der Waals surface area (Å²) in [6, 6.07) is 7.44. The Hall–Kier alpha value is -1.79. The predicted octanol–water partition coefficient (Wildman–Crippen LogP) is 0.948. The van der Waals surface area contributed by atoms with Gasteiger partial charge in [-0.3, -0.25) is 9.69 Å². The zero-order valence-corrected chi connectivity index (χ0v) is 12.4. The summed E-state index contributed by atoms with van der Waals surface area (Å²) in [7, 11) is 3.01. The molecule has 0 unspecified atom stereocenters. The molecule has 2 rings (SSSR count). The highest BCUT2D eigenvalue weighted by Gasteiger charge is 2.22. The van der Waals surface area contributed by atoms with Crippen molar-refractivity contribution in [2.45, 2.75) is 6.10 Å². The molecular formula is C15H21NO5. The minimum atomic E-state index is -0.232. The zero-order chi connectivity index (χ0) is 15.1. The third kappa shape index (κ3) is 4.91. The second kappa shape index (κ2) is 7.85. The molecule has 0 aromatic heterocycles. The summed E-state index contributed by atoms with van der Waals surface area (Å²) in [4.78, 5) is 13.3. The molecule has 21 heavy (non-hydrogen) atoms. The maximum Gasteiger partial charge on any atom is 0.319 e. The molecule has 1 heterocycles. The highest BCUT2D eigenvalue weighted by Crippen LogP contribution is 2.19. The molecule has 0 bridgehead atoms. The molecule has 6 nitrogen and oxygen atoms in total. The number of hydrogen-bond acceptors (Lipinski definition) is 6. The Morgan fingerprint density at radius 1 is 1.38 bits per heavy atom. The molecular weight excluding hydrogens is 274 g/mol. The van der Waals surface area contributed by atoms with Gasteiger partial charge in [0, 0.05) is 19.2 Å². The van der Waals surface area contributed by atoms with Crippen LogP contribution < -0.4 is 9.47 Å². The fourth-order valence-electron chi connectivity index (χ4n) is 2.15. The van der Waals surface area contributed by atoms with Crippen LogP contribution in [0.25, 0.3) is 0 Å². The lowest BCUT2D eigenvalue weighted by molar-refractivity contribution is -0.144. The van der Waals surface area contributed by atoms with Crippen LogP contribution in [0.2, 0.25) is 0 Å². The van der Waals surface area contributed by atoms with Gasteiger partial charge < -0.3 is 18.9 Å². The standard InChI is InChI=1S/C15H21NO5/c1-18-12-4-3-5-13(8-12)21-11-14-9-16(6-7-20-14)10-15(17)19-2/h3-5,8,14H,6-7,9-11H2,1-2H3/t14-/m1/s1. The highest BCUT2D eigenvalue weighted by molar-refractivity contribution is 5.71. The second-order valence-electron chi connectivity index (χ2n) is 4.79. The van der Waals surface area contributed by atoms with E-state index in [9.17, 15) is 4.79 Å². The Morgan fingerprint density at radius 3 is 2.95 bits per heavy atom. The van der Waals surface area contributed by atoms with E-state index in [1.54, 1.807) is 7.11 Å². The van der Waals surface area contributed by atoms with Crippen LogP contribution in [-0.4, -0.2) is 64.0 Å². The summed E-state index contributed by atoms with van der Waals surface area (Å²) in [5.41, 5.74) is 0. The zero-order valence-electron chi connectivity index (χ0n) is 12.4. The molecule has 6 heteroatoms. The Labute approximate surface area is 124 Å². The van der Waals surface area contributed by atoms with Gasteiger partial charge in [-0.25, -0.2) is 0 Å². The first-order valence-electron chi connectivity index (χ1n) is 6.89. The van der Waals surface area contributed by atoms with Gasteiger partial charge in [-0.2, -0.15) is 0 Å². The maximum absolute atomic E-state index is 11.3. The fraction of sp³-hybridized carbons (Fsp3) is 0.533. The van der Waals surface area contributed by atoms with Crippen LogP contribution in [0.15, 0.2) is 24.3 Å². The molecule has 0 spiro atoms. The average molecular weight is 295 g/mol. The first-order valence-corrected chi connectivity index (χ1v) is 6.89. The van der Waals surface area contributed by atoms with Crippen molar-refractivity contribution in [3.05, 3.63) is 24.3 Å². The Morgan fingerprint density at radius 2 is 2.19 bits per heavy atom. The normalized spacial score (nSPS) is 19.0. The molecule has 1 atom stereocenters. The molecule has 1 aliphatic heterocycles. The summed E-state index contributed by atoms with van der Waals surface area (Å²) in [5, 5.41) is 0. The monoisotopic (exact) mass is 295 g/mol. The van der Waals surface area contributed by atoms with Crippen molar-refractivity contribution in [3.63, 3.8) is 0 Å². The van der Waals surface area contributed by atoms with Crippen molar-refractivity contribution in [3.8, 4) is 11.5 Å². The molecule has 1 aromatic rings.